The van der Waals surface area contributed by atoms with Crippen molar-refractivity contribution in [1.29, 1.82) is 0 Å². The Morgan fingerprint density at radius 2 is 1.96 bits per heavy atom. The molecule has 3 atom stereocenters. The molecule has 0 bridgehead atoms. The summed E-state index contributed by atoms with van der Waals surface area (Å²) in [6.45, 7) is -0.892. The monoisotopic (exact) mass is 752 g/mol. The first kappa shape index (κ1) is 35.1. The number of amides is 6. The van der Waals surface area contributed by atoms with E-state index in [9.17, 15) is 44.1 Å². The molecule has 2 aliphatic heterocycles. The molecule has 24 heteroatoms. The minimum Gasteiger partial charge on any atom is -0.504 e. The fourth-order valence-corrected chi connectivity index (χ4v) is 8.23. The van der Waals surface area contributed by atoms with Crippen LogP contribution >= 0.6 is 46.2 Å². The van der Waals surface area contributed by atoms with Crippen LogP contribution in [-0.2, 0) is 24.0 Å². The molecule has 0 spiro atoms. The first-order chi connectivity index (χ1) is 23.4. The van der Waals surface area contributed by atoms with E-state index in [1.807, 2.05) is 16.2 Å². The second kappa shape index (κ2) is 14.9. The number of hydrogen-bond donors (Lipinski definition) is 8. The van der Waals surface area contributed by atoms with Crippen molar-refractivity contribution in [2.24, 2.45) is 10.6 Å². The third kappa shape index (κ3) is 8.10. The summed E-state index contributed by atoms with van der Waals surface area (Å²) in [5, 5.41) is 45.6. The average Bonchev–Trinajstić information content (AvgIpc) is 3.76. The van der Waals surface area contributed by atoms with Crippen LogP contribution in [0.4, 0.5) is 9.93 Å². The van der Waals surface area contributed by atoms with E-state index in [-0.39, 0.29) is 34.4 Å². The summed E-state index contributed by atoms with van der Waals surface area (Å²) in [6, 6.07) is 0.943. The third-order valence-corrected chi connectivity index (χ3v) is 11.2. The van der Waals surface area contributed by atoms with Gasteiger partial charge in [0.05, 0.1) is 0 Å². The van der Waals surface area contributed by atoms with Crippen molar-refractivity contribution in [2.75, 3.05) is 30.4 Å². The van der Waals surface area contributed by atoms with Crippen LogP contribution in [0.1, 0.15) is 16.1 Å². The third-order valence-electron chi connectivity index (χ3n) is 6.81. The quantitative estimate of drug-likeness (QED) is 0.0389. The molecule has 2 aromatic heterocycles. The molecular weight excluding hydrogens is 729 g/mol. The number of phenolic OH excluding ortho intramolecular Hbond substituents is 2. The van der Waals surface area contributed by atoms with E-state index in [1.165, 1.54) is 50.7 Å². The van der Waals surface area contributed by atoms with Gasteiger partial charge in [-0.25, -0.2) is 15.2 Å². The molecule has 49 heavy (non-hydrogen) atoms. The van der Waals surface area contributed by atoms with Crippen LogP contribution < -0.4 is 27.2 Å². The summed E-state index contributed by atoms with van der Waals surface area (Å²) < 4.78 is 0.602. The van der Waals surface area contributed by atoms with Crippen LogP contribution in [0, 0.1) is 5.41 Å². The first-order valence-corrected chi connectivity index (χ1v) is 17.3. The maximum absolute atomic E-state index is 13.3. The maximum atomic E-state index is 13.3. The number of carboxylic acids is 1. The predicted octanol–water partition coefficient (Wildman–Crippen LogP) is -0.857. The molecular formula is C25H24N10O10S4. The van der Waals surface area contributed by atoms with E-state index < -0.39 is 76.3 Å². The number of carbonyl (C=O) groups is 6. The van der Waals surface area contributed by atoms with Gasteiger partial charge in [0, 0.05) is 29.0 Å². The number of nitrogens with two attached hydrogens (primary N) is 1. The van der Waals surface area contributed by atoms with Gasteiger partial charge >= 0.3 is 12.0 Å². The SMILES string of the molecule is Nc1nc(C(=NOCC(=O)NNC(=O)NC(=O)c2ccc(O)c(O)c2)C(=O)NC2C(=O)N3CC(CSc4nncs4)(C(=O)O)CS[C@H]23)cs1. The number of urea groups is 1. The summed E-state index contributed by atoms with van der Waals surface area (Å²) >= 11 is 4.71. The number of nitrogens with zero attached hydrogens (tertiary/aromatic N) is 5. The second-order valence-corrected chi connectivity index (χ2v) is 14.2. The van der Waals surface area contributed by atoms with Crippen molar-refractivity contribution >= 4 is 92.7 Å². The number of aromatic hydroxyl groups is 2. The average molecular weight is 753 g/mol. The van der Waals surface area contributed by atoms with Crippen LogP contribution in [0.15, 0.2) is 38.6 Å². The van der Waals surface area contributed by atoms with E-state index in [0.29, 0.717) is 4.34 Å². The molecule has 258 valence electrons. The predicted molar refractivity (Wildman–Crippen MR) is 174 cm³/mol. The zero-order chi connectivity index (χ0) is 35.3. The molecule has 3 aromatic rings. The number of carbonyl (C=O) groups excluding carboxylic acids is 5. The summed E-state index contributed by atoms with van der Waals surface area (Å²) in [6.07, 6.45) is 0. The van der Waals surface area contributed by atoms with Gasteiger partial charge in [-0.15, -0.1) is 33.3 Å². The summed E-state index contributed by atoms with van der Waals surface area (Å²) in [5.74, 6) is -5.09. The highest BCUT2D eigenvalue weighted by Gasteiger charge is 2.57. The lowest BCUT2D eigenvalue weighted by Gasteiger charge is -2.53. The van der Waals surface area contributed by atoms with Crippen LogP contribution in [-0.4, -0.2) is 113 Å². The Balaban J connectivity index is 1.14. The normalized spacial score (nSPS) is 20.0. The molecule has 2 saturated heterocycles. The number of benzene rings is 1. The van der Waals surface area contributed by atoms with Crippen molar-refractivity contribution in [3.63, 3.8) is 0 Å². The molecule has 1 aromatic carbocycles. The molecule has 0 aliphatic carbocycles. The number of hydrogen-bond acceptors (Lipinski definition) is 18. The zero-order valence-electron chi connectivity index (χ0n) is 24.5. The molecule has 9 N–H and O–H groups in total. The van der Waals surface area contributed by atoms with Gasteiger partial charge in [0.25, 0.3) is 17.7 Å². The number of β-lactam (4-membered cyclic amide) rings is 1. The number of aromatic nitrogens is 3. The fourth-order valence-electron chi connectivity index (χ4n) is 4.33. The Kier molecular flexibility index (Phi) is 10.7. The Labute approximate surface area is 290 Å². The summed E-state index contributed by atoms with van der Waals surface area (Å²) in [7, 11) is 0. The van der Waals surface area contributed by atoms with Crippen LogP contribution in [0.3, 0.4) is 0 Å². The Bertz CT molecular complexity index is 1820. The first-order valence-electron chi connectivity index (χ1n) is 13.6. The number of nitrogen functional groups attached to an aromatic ring is 1. The number of anilines is 1. The number of thioether (sulfide) groups is 2. The van der Waals surface area contributed by atoms with Crippen molar-refractivity contribution in [1.82, 2.24) is 41.6 Å². The number of hydrazine groups is 1. The standard InChI is InChI=1S/C25H24N10O10S4/c26-22-28-11(5-46-22)15(34-45-4-14(38)31-32-23(44)30-17(39)10-1-2-12(36)13(37)3-10)18(40)29-16-19(41)35-6-25(21(42)43,7-47-20(16)35)8-48-24-33-27-9-49-24/h1-3,5,9,16,20,36-37H,4,6-8H2,(H2,26,28)(H,29,40)(H,31,38)(H,42,43)(H2,30,32,39,44)/t16?,20-,25?/m1/s1. The van der Waals surface area contributed by atoms with Crippen LogP contribution in [0.5, 0.6) is 11.5 Å². The number of imide groups is 1. The fraction of sp³-hybridized carbons (Fsp3) is 0.280. The number of nitrogens with one attached hydrogen (secondary N) is 4. The largest absolute Gasteiger partial charge is 0.504 e. The van der Waals surface area contributed by atoms with Gasteiger partial charge in [-0.1, -0.05) is 28.3 Å². The lowest BCUT2D eigenvalue weighted by molar-refractivity contribution is -0.157. The van der Waals surface area contributed by atoms with E-state index in [0.717, 1.165) is 29.5 Å². The van der Waals surface area contributed by atoms with E-state index in [2.05, 4.69) is 25.7 Å². The minimum atomic E-state index is -1.25. The summed E-state index contributed by atoms with van der Waals surface area (Å²) in [4.78, 5) is 85.3. The van der Waals surface area contributed by atoms with Gasteiger partial charge in [-0.05, 0) is 18.2 Å². The highest BCUT2D eigenvalue weighted by atomic mass is 32.2. The molecule has 4 heterocycles. The van der Waals surface area contributed by atoms with Gasteiger partial charge in [0.1, 0.15) is 28.0 Å². The molecule has 20 nitrogen and oxygen atoms in total. The molecule has 0 radical (unpaired) electrons. The van der Waals surface area contributed by atoms with E-state index >= 15 is 0 Å². The van der Waals surface area contributed by atoms with Crippen molar-refractivity contribution < 1.29 is 48.9 Å². The number of carboxylic acid groups (broad SMARTS) is 1. The smallest absolute Gasteiger partial charge is 0.340 e. The molecule has 2 aliphatic rings. The Hall–Kier alpha value is -5.20. The van der Waals surface area contributed by atoms with Crippen molar-refractivity contribution in [2.45, 2.75) is 15.8 Å². The Morgan fingerprint density at radius 1 is 1.16 bits per heavy atom. The number of thiazole rings is 1. The zero-order valence-corrected chi connectivity index (χ0v) is 27.8. The van der Waals surface area contributed by atoms with Gasteiger partial charge in [0.2, 0.25) is 5.91 Å². The molecule has 2 fully saturated rings. The van der Waals surface area contributed by atoms with Gasteiger partial charge in [-0.3, -0.25) is 34.7 Å². The maximum Gasteiger partial charge on any atom is 0.340 e. The molecule has 2 unspecified atom stereocenters. The van der Waals surface area contributed by atoms with Crippen molar-refractivity contribution in [3.05, 3.63) is 40.3 Å². The van der Waals surface area contributed by atoms with E-state index in [4.69, 9.17) is 10.6 Å². The number of fused-ring (bicyclic) bond motifs is 1. The molecule has 5 rings (SSSR count). The topological polar surface area (TPSA) is 301 Å². The second-order valence-electron chi connectivity index (χ2n) is 10.1. The number of phenols is 2. The van der Waals surface area contributed by atoms with Gasteiger partial charge in [0.15, 0.2) is 33.3 Å². The van der Waals surface area contributed by atoms with Gasteiger partial charge < -0.3 is 36.1 Å². The van der Waals surface area contributed by atoms with Gasteiger partial charge in [-0.2, -0.15) is 0 Å². The van der Waals surface area contributed by atoms with Crippen LogP contribution in [0.2, 0.25) is 0 Å². The van der Waals surface area contributed by atoms with Crippen LogP contribution in [0.25, 0.3) is 0 Å². The lowest BCUT2D eigenvalue weighted by Crippen LogP contribution is -2.74. The van der Waals surface area contributed by atoms with Crippen molar-refractivity contribution in [3.8, 4) is 11.5 Å². The highest BCUT2D eigenvalue weighted by Crippen LogP contribution is 2.44. The molecule has 0 saturated carbocycles. The Morgan fingerprint density at radius 3 is 2.63 bits per heavy atom. The highest BCUT2D eigenvalue weighted by molar-refractivity contribution is 8.01. The molecule has 6 amide bonds. The minimum absolute atomic E-state index is 0.0183. The summed E-state index contributed by atoms with van der Waals surface area (Å²) in [5.41, 5.74) is 9.24. The number of rotatable bonds is 11. The lowest BCUT2D eigenvalue weighted by atomic mass is 9.89. The number of oxime groups is 1. The van der Waals surface area contributed by atoms with E-state index in [1.54, 1.807) is 0 Å². The number of aliphatic carboxylic acids is 1.